The van der Waals surface area contributed by atoms with Crippen LogP contribution in [0.5, 0.6) is 5.75 Å². The lowest BCUT2D eigenvalue weighted by atomic mass is 10.2. The number of nitrogens with two attached hydrogens (primary N) is 1. The number of nitrogens with zero attached hydrogens (tertiary/aromatic N) is 1. The molecule has 0 aliphatic carbocycles. The fourth-order valence-corrected chi connectivity index (χ4v) is 1.74. The summed E-state index contributed by atoms with van der Waals surface area (Å²) < 4.78 is 5.19. The van der Waals surface area contributed by atoms with E-state index < -0.39 is 11.8 Å². The molecule has 0 fully saturated rings. The maximum Gasteiger partial charge on any atom is 0.271 e. The van der Waals surface area contributed by atoms with Gasteiger partial charge in [-0.25, -0.2) is 4.90 Å². The van der Waals surface area contributed by atoms with E-state index in [1.807, 2.05) is 0 Å². The number of fused-ring (bicyclic) bond motifs is 1. The minimum atomic E-state index is -0.567. The van der Waals surface area contributed by atoms with Crippen LogP contribution >= 0.6 is 0 Å². The number of anilines is 2. The van der Waals surface area contributed by atoms with E-state index in [-0.39, 0.29) is 24.5 Å². The van der Waals surface area contributed by atoms with Crippen molar-refractivity contribution in [1.82, 2.24) is 0 Å². The zero-order chi connectivity index (χ0) is 13.3. The summed E-state index contributed by atoms with van der Waals surface area (Å²) in [6.45, 7) is 1.07. The number of Topliss-reactive ketones (excluding diaryl/α,β-unsaturated/α-hetero) is 1. The van der Waals surface area contributed by atoms with E-state index in [4.69, 9.17) is 10.5 Å². The normalized spacial score (nSPS) is 13.8. The molecule has 0 saturated heterocycles. The molecule has 1 aliphatic rings. The van der Waals surface area contributed by atoms with Crippen molar-refractivity contribution in [2.45, 2.75) is 13.3 Å². The van der Waals surface area contributed by atoms with Crippen LogP contribution in [0, 0.1) is 0 Å². The molecule has 0 spiro atoms. The molecule has 6 nitrogen and oxygen atoms in total. The summed E-state index contributed by atoms with van der Waals surface area (Å²) in [6.07, 6.45) is -0.319. The molecular formula is C12H12N2O4. The van der Waals surface area contributed by atoms with Crippen molar-refractivity contribution in [3.05, 3.63) is 18.2 Å². The van der Waals surface area contributed by atoms with Gasteiger partial charge in [0.15, 0.2) is 6.61 Å². The van der Waals surface area contributed by atoms with Gasteiger partial charge in [-0.05, 0) is 25.1 Å². The van der Waals surface area contributed by atoms with Crippen molar-refractivity contribution in [3.8, 4) is 5.75 Å². The zero-order valence-corrected chi connectivity index (χ0v) is 9.80. The second-order valence-corrected chi connectivity index (χ2v) is 4.02. The lowest BCUT2D eigenvalue weighted by Crippen LogP contribution is -2.43. The monoisotopic (exact) mass is 248 g/mol. The number of hydrogen-bond acceptors (Lipinski definition) is 5. The predicted octanol–water partition coefficient (Wildman–Crippen LogP) is 0.500. The molecule has 94 valence electrons. The summed E-state index contributed by atoms with van der Waals surface area (Å²) >= 11 is 0. The van der Waals surface area contributed by atoms with Gasteiger partial charge in [-0.15, -0.1) is 0 Å². The highest BCUT2D eigenvalue weighted by Crippen LogP contribution is 2.34. The number of ketones is 1. The van der Waals surface area contributed by atoms with Gasteiger partial charge in [-0.3, -0.25) is 14.4 Å². The fourth-order valence-electron chi connectivity index (χ4n) is 1.74. The van der Waals surface area contributed by atoms with Gasteiger partial charge in [0.2, 0.25) is 5.91 Å². The highest BCUT2D eigenvalue weighted by Gasteiger charge is 2.31. The van der Waals surface area contributed by atoms with Crippen LogP contribution in [-0.4, -0.2) is 24.2 Å². The zero-order valence-electron chi connectivity index (χ0n) is 9.80. The quantitative estimate of drug-likeness (QED) is 0.608. The number of rotatable bonds is 2. The first-order valence-electron chi connectivity index (χ1n) is 5.36. The van der Waals surface area contributed by atoms with Crippen molar-refractivity contribution < 1.29 is 19.1 Å². The van der Waals surface area contributed by atoms with E-state index in [2.05, 4.69) is 0 Å². The SMILES string of the molecule is CC(=O)CC(=O)N1C(=O)COc2ccc(N)cc21. The first-order chi connectivity index (χ1) is 8.49. The Morgan fingerprint density at radius 3 is 2.83 bits per heavy atom. The standard InChI is InChI=1S/C12H12N2O4/c1-7(15)4-11(16)14-9-5-8(13)2-3-10(9)18-6-12(14)17/h2-3,5H,4,6,13H2,1H3. The Kier molecular flexibility index (Phi) is 3.01. The molecule has 0 radical (unpaired) electrons. The molecule has 2 amide bonds. The van der Waals surface area contributed by atoms with Gasteiger partial charge in [-0.2, -0.15) is 0 Å². The average Bonchev–Trinajstić information content (AvgIpc) is 2.27. The van der Waals surface area contributed by atoms with E-state index in [0.29, 0.717) is 11.4 Å². The van der Waals surface area contributed by atoms with E-state index >= 15 is 0 Å². The van der Waals surface area contributed by atoms with E-state index in [0.717, 1.165) is 4.90 Å². The fraction of sp³-hybridized carbons (Fsp3) is 0.250. The Labute approximate surface area is 103 Å². The molecule has 6 heteroatoms. The van der Waals surface area contributed by atoms with Crippen LogP contribution in [0.3, 0.4) is 0 Å². The van der Waals surface area contributed by atoms with E-state index in [1.54, 1.807) is 12.1 Å². The van der Waals surface area contributed by atoms with Crippen LogP contribution in [0.15, 0.2) is 18.2 Å². The third-order valence-corrected chi connectivity index (χ3v) is 2.47. The largest absolute Gasteiger partial charge is 0.482 e. The Bertz CT molecular complexity index is 539. The molecule has 0 unspecified atom stereocenters. The Hall–Kier alpha value is -2.37. The molecule has 0 aromatic heterocycles. The number of nitrogen functional groups attached to an aromatic ring is 1. The van der Waals surface area contributed by atoms with Crippen molar-refractivity contribution in [2.75, 3.05) is 17.2 Å². The van der Waals surface area contributed by atoms with Crippen LogP contribution in [0.1, 0.15) is 13.3 Å². The molecule has 2 N–H and O–H groups in total. The molecule has 1 aromatic carbocycles. The minimum absolute atomic E-state index is 0.222. The Morgan fingerprint density at radius 1 is 1.44 bits per heavy atom. The van der Waals surface area contributed by atoms with E-state index in [9.17, 15) is 14.4 Å². The van der Waals surface area contributed by atoms with E-state index in [1.165, 1.54) is 13.0 Å². The first kappa shape index (κ1) is 12.1. The molecule has 18 heavy (non-hydrogen) atoms. The number of imide groups is 1. The summed E-state index contributed by atoms with van der Waals surface area (Å²) in [5.41, 5.74) is 6.32. The maximum absolute atomic E-state index is 11.9. The van der Waals surface area contributed by atoms with Gasteiger partial charge >= 0.3 is 0 Å². The molecule has 0 bridgehead atoms. The minimum Gasteiger partial charge on any atom is -0.482 e. The Morgan fingerprint density at radius 2 is 2.17 bits per heavy atom. The van der Waals surface area contributed by atoms with Crippen LogP contribution in [-0.2, 0) is 14.4 Å². The number of carbonyl (C=O) groups is 3. The molecule has 0 saturated carbocycles. The molecule has 2 rings (SSSR count). The van der Waals surface area contributed by atoms with Crippen molar-refractivity contribution in [3.63, 3.8) is 0 Å². The summed E-state index contributed by atoms with van der Waals surface area (Å²) in [7, 11) is 0. The number of ether oxygens (including phenoxy) is 1. The third kappa shape index (κ3) is 2.17. The third-order valence-electron chi connectivity index (χ3n) is 2.47. The second-order valence-electron chi connectivity index (χ2n) is 4.02. The number of benzene rings is 1. The molecule has 1 aliphatic heterocycles. The lowest BCUT2D eigenvalue weighted by molar-refractivity contribution is -0.130. The van der Waals surface area contributed by atoms with Crippen LogP contribution in [0.25, 0.3) is 0 Å². The van der Waals surface area contributed by atoms with Crippen LogP contribution in [0.2, 0.25) is 0 Å². The second kappa shape index (κ2) is 4.48. The summed E-state index contributed by atoms with van der Waals surface area (Å²) in [4.78, 5) is 35.5. The summed E-state index contributed by atoms with van der Waals surface area (Å²) in [6, 6.07) is 4.68. The van der Waals surface area contributed by atoms with Crippen LogP contribution in [0.4, 0.5) is 11.4 Å². The van der Waals surface area contributed by atoms with Crippen LogP contribution < -0.4 is 15.4 Å². The number of carbonyl (C=O) groups excluding carboxylic acids is 3. The molecule has 1 heterocycles. The average molecular weight is 248 g/mol. The molecule has 1 aromatic rings. The topological polar surface area (TPSA) is 89.7 Å². The highest BCUT2D eigenvalue weighted by atomic mass is 16.5. The molecule has 0 atom stereocenters. The lowest BCUT2D eigenvalue weighted by Gasteiger charge is -2.27. The molecular weight excluding hydrogens is 236 g/mol. The van der Waals surface area contributed by atoms with Crippen molar-refractivity contribution >= 4 is 29.0 Å². The smallest absolute Gasteiger partial charge is 0.271 e. The maximum atomic E-state index is 11.9. The number of hydrogen-bond donors (Lipinski definition) is 1. The number of amides is 2. The van der Waals surface area contributed by atoms with Gasteiger partial charge in [-0.1, -0.05) is 0 Å². The summed E-state index contributed by atoms with van der Waals surface area (Å²) in [5, 5.41) is 0. The van der Waals surface area contributed by atoms with Crippen molar-refractivity contribution in [2.24, 2.45) is 0 Å². The predicted molar refractivity (Wildman–Crippen MR) is 64.1 cm³/mol. The van der Waals surface area contributed by atoms with Gasteiger partial charge in [0, 0.05) is 5.69 Å². The van der Waals surface area contributed by atoms with Crippen molar-refractivity contribution in [1.29, 1.82) is 0 Å². The highest BCUT2D eigenvalue weighted by molar-refractivity contribution is 6.20. The van der Waals surface area contributed by atoms with Gasteiger partial charge in [0.1, 0.15) is 11.5 Å². The Balaban J connectivity index is 2.41. The first-order valence-corrected chi connectivity index (χ1v) is 5.36. The van der Waals surface area contributed by atoms with Gasteiger partial charge in [0.25, 0.3) is 5.91 Å². The van der Waals surface area contributed by atoms with Gasteiger partial charge < -0.3 is 10.5 Å². The van der Waals surface area contributed by atoms with Gasteiger partial charge in [0.05, 0.1) is 12.1 Å². The summed E-state index contributed by atoms with van der Waals surface area (Å²) in [5.74, 6) is -0.965.